The van der Waals surface area contributed by atoms with Crippen LogP contribution in [0.15, 0.2) is 18.2 Å². The SMILES string of the molecule is COc1cc(C(=O)N2CCN(C(=O)CNC(=O)[C@@H](N)C(C)C)CC2)ccc1C.Cl. The second kappa shape index (κ2) is 11.0. The van der Waals surface area contributed by atoms with Gasteiger partial charge in [-0.05, 0) is 30.5 Å². The van der Waals surface area contributed by atoms with E-state index in [1.165, 1.54) is 0 Å². The second-order valence-corrected chi connectivity index (χ2v) is 7.34. The molecule has 1 heterocycles. The van der Waals surface area contributed by atoms with Gasteiger partial charge in [0.25, 0.3) is 5.91 Å². The molecule has 0 bridgehead atoms. The van der Waals surface area contributed by atoms with Gasteiger partial charge in [0.15, 0.2) is 0 Å². The van der Waals surface area contributed by atoms with Crippen LogP contribution in [0.2, 0.25) is 0 Å². The third kappa shape index (κ3) is 6.33. The van der Waals surface area contributed by atoms with Gasteiger partial charge in [0, 0.05) is 31.7 Å². The standard InChI is InChI=1S/C20H30N4O4.ClH/c1-13(2)18(21)19(26)22-12-17(25)23-7-9-24(10-8-23)20(27)15-6-5-14(3)16(11-15)28-4;/h5-6,11,13,18H,7-10,12,21H2,1-4H3,(H,22,26);1H/t18-;/m0./s1. The fourth-order valence-corrected chi connectivity index (χ4v) is 2.99. The summed E-state index contributed by atoms with van der Waals surface area (Å²) in [6.07, 6.45) is 0. The molecule has 0 spiro atoms. The highest BCUT2D eigenvalue weighted by molar-refractivity contribution is 5.95. The Kier molecular flexibility index (Phi) is 9.39. The Labute approximate surface area is 178 Å². The zero-order valence-electron chi connectivity index (χ0n) is 17.4. The maximum atomic E-state index is 12.7. The van der Waals surface area contributed by atoms with Crippen molar-refractivity contribution in [3.05, 3.63) is 29.3 Å². The van der Waals surface area contributed by atoms with E-state index >= 15 is 0 Å². The van der Waals surface area contributed by atoms with Gasteiger partial charge in [0.2, 0.25) is 11.8 Å². The molecular weight excluding hydrogens is 396 g/mol. The predicted molar refractivity (Wildman–Crippen MR) is 113 cm³/mol. The summed E-state index contributed by atoms with van der Waals surface area (Å²) in [5, 5.41) is 2.59. The first-order chi connectivity index (χ1) is 13.2. The number of benzene rings is 1. The van der Waals surface area contributed by atoms with Gasteiger partial charge in [-0.3, -0.25) is 14.4 Å². The van der Waals surface area contributed by atoms with Gasteiger partial charge in [-0.1, -0.05) is 19.9 Å². The van der Waals surface area contributed by atoms with Crippen molar-refractivity contribution in [2.24, 2.45) is 11.7 Å². The number of methoxy groups -OCH3 is 1. The van der Waals surface area contributed by atoms with E-state index in [1.54, 1.807) is 29.0 Å². The van der Waals surface area contributed by atoms with Gasteiger partial charge in [-0.2, -0.15) is 0 Å². The molecule has 29 heavy (non-hydrogen) atoms. The fraction of sp³-hybridized carbons (Fsp3) is 0.550. The minimum Gasteiger partial charge on any atom is -0.496 e. The van der Waals surface area contributed by atoms with E-state index in [1.807, 2.05) is 26.8 Å². The number of nitrogens with zero attached hydrogens (tertiary/aromatic N) is 2. The molecule has 1 aliphatic heterocycles. The lowest BCUT2D eigenvalue weighted by molar-refractivity contribution is -0.134. The maximum Gasteiger partial charge on any atom is 0.254 e. The minimum absolute atomic E-state index is 0. The highest BCUT2D eigenvalue weighted by Crippen LogP contribution is 2.20. The number of ether oxygens (including phenoxy) is 1. The molecule has 162 valence electrons. The fourth-order valence-electron chi connectivity index (χ4n) is 2.99. The molecule has 0 aliphatic carbocycles. The first-order valence-corrected chi connectivity index (χ1v) is 9.49. The van der Waals surface area contributed by atoms with E-state index in [4.69, 9.17) is 10.5 Å². The molecule has 3 amide bonds. The molecular formula is C20H31ClN4O4. The monoisotopic (exact) mass is 426 g/mol. The molecule has 1 aliphatic rings. The predicted octanol–water partition coefficient (Wildman–Crippen LogP) is 0.809. The van der Waals surface area contributed by atoms with Crippen molar-refractivity contribution < 1.29 is 19.1 Å². The van der Waals surface area contributed by atoms with Gasteiger partial charge in [-0.15, -0.1) is 12.4 Å². The van der Waals surface area contributed by atoms with Gasteiger partial charge in [0.05, 0.1) is 19.7 Å². The molecule has 8 nitrogen and oxygen atoms in total. The topological polar surface area (TPSA) is 105 Å². The quantitative estimate of drug-likeness (QED) is 0.700. The zero-order valence-corrected chi connectivity index (χ0v) is 18.3. The summed E-state index contributed by atoms with van der Waals surface area (Å²) in [5.74, 6) is 0.0977. The molecule has 3 N–H and O–H groups in total. The van der Waals surface area contributed by atoms with Crippen molar-refractivity contribution in [1.82, 2.24) is 15.1 Å². The number of rotatable bonds is 6. The van der Waals surface area contributed by atoms with E-state index in [-0.39, 0.29) is 42.6 Å². The van der Waals surface area contributed by atoms with Crippen LogP contribution in [0.25, 0.3) is 0 Å². The number of nitrogens with one attached hydrogen (secondary N) is 1. The van der Waals surface area contributed by atoms with Crippen LogP contribution in [0, 0.1) is 12.8 Å². The summed E-state index contributed by atoms with van der Waals surface area (Å²) in [6.45, 7) is 7.30. The molecule has 0 saturated carbocycles. The number of nitrogens with two attached hydrogens (primary N) is 1. The van der Waals surface area contributed by atoms with Crippen molar-refractivity contribution >= 4 is 30.1 Å². The highest BCUT2D eigenvalue weighted by Gasteiger charge is 2.26. The van der Waals surface area contributed by atoms with Gasteiger partial charge in [-0.25, -0.2) is 0 Å². The summed E-state index contributed by atoms with van der Waals surface area (Å²) in [6, 6.07) is 4.75. The maximum absolute atomic E-state index is 12.7. The Morgan fingerprint density at radius 1 is 1.14 bits per heavy atom. The summed E-state index contributed by atoms with van der Waals surface area (Å²) >= 11 is 0. The lowest BCUT2D eigenvalue weighted by Gasteiger charge is -2.35. The normalized spacial score (nSPS) is 14.8. The molecule has 1 saturated heterocycles. The Morgan fingerprint density at radius 3 is 2.28 bits per heavy atom. The molecule has 1 aromatic carbocycles. The van der Waals surface area contributed by atoms with Gasteiger partial charge in [0.1, 0.15) is 5.75 Å². The van der Waals surface area contributed by atoms with Crippen molar-refractivity contribution in [1.29, 1.82) is 0 Å². The number of hydrogen-bond acceptors (Lipinski definition) is 5. The van der Waals surface area contributed by atoms with Crippen LogP contribution < -0.4 is 15.8 Å². The van der Waals surface area contributed by atoms with Crippen molar-refractivity contribution in [3.63, 3.8) is 0 Å². The highest BCUT2D eigenvalue weighted by atomic mass is 35.5. The number of halogens is 1. The molecule has 2 rings (SSSR count). The van der Waals surface area contributed by atoms with Crippen LogP contribution in [-0.2, 0) is 9.59 Å². The largest absolute Gasteiger partial charge is 0.496 e. The van der Waals surface area contributed by atoms with E-state index in [0.29, 0.717) is 37.5 Å². The lowest BCUT2D eigenvalue weighted by atomic mass is 10.1. The van der Waals surface area contributed by atoms with Crippen LogP contribution in [0.5, 0.6) is 5.75 Å². The first-order valence-electron chi connectivity index (χ1n) is 9.49. The summed E-state index contributed by atoms with van der Waals surface area (Å²) in [4.78, 5) is 40.3. The third-order valence-corrected chi connectivity index (χ3v) is 5.01. The molecule has 0 aromatic heterocycles. The third-order valence-electron chi connectivity index (χ3n) is 5.01. The van der Waals surface area contributed by atoms with E-state index < -0.39 is 6.04 Å². The second-order valence-electron chi connectivity index (χ2n) is 7.34. The number of hydrogen-bond donors (Lipinski definition) is 2. The van der Waals surface area contributed by atoms with Crippen molar-refractivity contribution in [2.75, 3.05) is 39.8 Å². The van der Waals surface area contributed by atoms with Crippen LogP contribution in [0.4, 0.5) is 0 Å². The van der Waals surface area contributed by atoms with Crippen molar-refractivity contribution in [2.45, 2.75) is 26.8 Å². The molecule has 9 heteroatoms. The van der Waals surface area contributed by atoms with Gasteiger partial charge < -0.3 is 25.6 Å². The molecule has 0 unspecified atom stereocenters. The Morgan fingerprint density at radius 2 is 1.72 bits per heavy atom. The average molecular weight is 427 g/mol. The Hall–Kier alpha value is -2.32. The first kappa shape index (κ1) is 24.7. The summed E-state index contributed by atoms with van der Waals surface area (Å²) in [7, 11) is 1.58. The van der Waals surface area contributed by atoms with E-state index in [0.717, 1.165) is 5.56 Å². The number of amides is 3. The van der Waals surface area contributed by atoms with Gasteiger partial charge >= 0.3 is 0 Å². The summed E-state index contributed by atoms with van der Waals surface area (Å²) < 4.78 is 5.28. The average Bonchev–Trinajstić information content (AvgIpc) is 2.71. The Balaban J connectivity index is 0.00000420. The Bertz CT molecular complexity index is 733. The van der Waals surface area contributed by atoms with Crippen LogP contribution in [0.3, 0.4) is 0 Å². The summed E-state index contributed by atoms with van der Waals surface area (Å²) in [5.41, 5.74) is 7.30. The number of piperazine rings is 1. The van der Waals surface area contributed by atoms with Crippen LogP contribution >= 0.6 is 12.4 Å². The van der Waals surface area contributed by atoms with Crippen molar-refractivity contribution in [3.8, 4) is 5.75 Å². The number of aryl methyl sites for hydroxylation is 1. The zero-order chi connectivity index (χ0) is 20.8. The lowest BCUT2D eigenvalue weighted by Crippen LogP contribution is -2.53. The molecule has 1 atom stereocenters. The van der Waals surface area contributed by atoms with E-state index in [2.05, 4.69) is 5.32 Å². The minimum atomic E-state index is -0.631. The molecule has 0 radical (unpaired) electrons. The van der Waals surface area contributed by atoms with Crippen LogP contribution in [-0.4, -0.2) is 73.4 Å². The molecule has 1 aromatic rings. The number of carbonyl (C=O) groups excluding carboxylic acids is 3. The molecule has 1 fully saturated rings. The smallest absolute Gasteiger partial charge is 0.254 e. The number of carbonyl (C=O) groups is 3. The van der Waals surface area contributed by atoms with Crippen LogP contribution in [0.1, 0.15) is 29.8 Å². The van der Waals surface area contributed by atoms with E-state index in [9.17, 15) is 14.4 Å².